The van der Waals surface area contributed by atoms with E-state index >= 15 is 0 Å². The van der Waals surface area contributed by atoms with Gasteiger partial charge in [0.05, 0.1) is 18.2 Å². The molecule has 0 saturated carbocycles. The van der Waals surface area contributed by atoms with Crippen LogP contribution in [0, 0.1) is 5.92 Å². The summed E-state index contributed by atoms with van der Waals surface area (Å²) >= 11 is 0. The Labute approximate surface area is 363 Å². The fourth-order valence-corrected chi connectivity index (χ4v) is 8.78. The number of rotatable bonds is 8. The van der Waals surface area contributed by atoms with E-state index in [0.717, 1.165) is 22.0 Å². The lowest BCUT2D eigenvalue weighted by Gasteiger charge is -2.33. The fraction of sp³-hybridized carbons (Fsp3) is 0.543. The van der Waals surface area contributed by atoms with Gasteiger partial charge in [-0.1, -0.05) is 62.4 Å². The van der Waals surface area contributed by atoms with Gasteiger partial charge >= 0.3 is 0 Å². The van der Waals surface area contributed by atoms with Gasteiger partial charge in [0.1, 0.15) is 36.3 Å². The van der Waals surface area contributed by atoms with Crippen molar-refractivity contribution in [3.05, 3.63) is 71.9 Å². The molecule has 3 saturated heterocycles. The van der Waals surface area contributed by atoms with Gasteiger partial charge in [-0.25, -0.2) is 0 Å². The van der Waals surface area contributed by atoms with Gasteiger partial charge in [-0.05, 0) is 82.9 Å². The van der Waals surface area contributed by atoms with E-state index in [-0.39, 0.29) is 38.3 Å². The number of amides is 7. The van der Waals surface area contributed by atoms with Gasteiger partial charge in [0.2, 0.25) is 41.4 Å². The van der Waals surface area contributed by atoms with Gasteiger partial charge in [-0.15, -0.1) is 0 Å². The molecule has 334 valence electrons. The summed E-state index contributed by atoms with van der Waals surface area (Å²) in [7, 11) is 0. The summed E-state index contributed by atoms with van der Waals surface area (Å²) in [5.41, 5.74) is 1.66. The van der Waals surface area contributed by atoms with Crippen LogP contribution >= 0.6 is 0 Å². The van der Waals surface area contributed by atoms with Crippen LogP contribution in [0.2, 0.25) is 0 Å². The SMILES string of the molecule is CC(C)C[C@@H]1NC(=O)[C@H]([C@@H](C)OC(C)(C)C)NC(=O)[C@@H]2CCCN2C(=O)CNC(=O)[C@H](Cc2ccccc2)NC(=O)[C@@H]2CCCN2C(=O)[C@H](Cc2c[nH]c3ccccc23)NC1=O. The number of aromatic nitrogens is 1. The second-order valence-electron chi connectivity index (χ2n) is 18.1. The second-order valence-corrected chi connectivity index (χ2v) is 18.1. The molecule has 3 fully saturated rings. The molecule has 0 spiro atoms. The lowest BCUT2D eigenvalue weighted by molar-refractivity contribution is -0.143. The van der Waals surface area contributed by atoms with E-state index < -0.39 is 95.9 Å². The maximum atomic E-state index is 14.8. The topological polar surface area (TPSA) is 211 Å². The monoisotopic (exact) mass is 854 g/mol. The number of fused-ring (bicyclic) bond motifs is 3. The molecule has 3 aromatic rings. The average Bonchev–Trinajstić information content (AvgIpc) is 4.01. The Bertz CT molecular complexity index is 2120. The Hall–Kier alpha value is -5.77. The highest BCUT2D eigenvalue weighted by atomic mass is 16.5. The number of nitrogens with one attached hydrogen (secondary N) is 6. The molecule has 62 heavy (non-hydrogen) atoms. The van der Waals surface area contributed by atoms with Crippen molar-refractivity contribution in [1.29, 1.82) is 0 Å². The van der Waals surface area contributed by atoms with Gasteiger partial charge < -0.3 is 46.1 Å². The average molecular weight is 855 g/mol. The van der Waals surface area contributed by atoms with Crippen LogP contribution in [0.5, 0.6) is 0 Å². The zero-order valence-corrected chi connectivity index (χ0v) is 36.6. The zero-order valence-electron chi connectivity index (χ0n) is 36.6. The highest BCUT2D eigenvalue weighted by Crippen LogP contribution is 2.25. The third kappa shape index (κ3) is 11.4. The normalized spacial score (nSPS) is 25.6. The van der Waals surface area contributed by atoms with Gasteiger partial charge in [0, 0.05) is 43.0 Å². The van der Waals surface area contributed by atoms with Crippen molar-refractivity contribution in [3.63, 3.8) is 0 Å². The van der Waals surface area contributed by atoms with Crippen LogP contribution in [-0.2, 0) is 51.1 Å². The highest BCUT2D eigenvalue weighted by Gasteiger charge is 2.42. The van der Waals surface area contributed by atoms with Crippen LogP contribution in [0.1, 0.15) is 84.8 Å². The van der Waals surface area contributed by atoms with Crippen molar-refractivity contribution in [2.45, 2.75) is 134 Å². The van der Waals surface area contributed by atoms with E-state index in [2.05, 4.69) is 31.6 Å². The first-order chi connectivity index (χ1) is 29.5. The van der Waals surface area contributed by atoms with Crippen LogP contribution in [0.15, 0.2) is 60.8 Å². The highest BCUT2D eigenvalue weighted by molar-refractivity contribution is 5.99. The van der Waals surface area contributed by atoms with Crippen molar-refractivity contribution < 1.29 is 38.3 Å². The molecule has 16 heteroatoms. The minimum absolute atomic E-state index is 0.0713. The molecule has 4 heterocycles. The first-order valence-corrected chi connectivity index (χ1v) is 21.8. The quantitative estimate of drug-likeness (QED) is 0.198. The fourth-order valence-electron chi connectivity index (χ4n) is 8.78. The van der Waals surface area contributed by atoms with Crippen molar-refractivity contribution in [2.75, 3.05) is 19.6 Å². The summed E-state index contributed by atoms with van der Waals surface area (Å²) < 4.78 is 6.19. The predicted molar refractivity (Wildman–Crippen MR) is 232 cm³/mol. The Morgan fingerprint density at radius 2 is 1.29 bits per heavy atom. The van der Waals surface area contributed by atoms with E-state index in [1.165, 1.54) is 9.80 Å². The van der Waals surface area contributed by atoms with Crippen LogP contribution in [0.4, 0.5) is 0 Å². The predicted octanol–water partition coefficient (Wildman–Crippen LogP) is 2.25. The molecule has 0 unspecified atom stereocenters. The summed E-state index contributed by atoms with van der Waals surface area (Å²) in [5, 5.41) is 15.1. The number of carbonyl (C=O) groups is 7. The molecule has 2 aromatic carbocycles. The van der Waals surface area contributed by atoms with Gasteiger partial charge in [0.25, 0.3) is 0 Å². The standard InChI is InChI=1S/C46H62N8O8/c1-27(2)22-33-41(57)51-35(24-30-25-47-32-17-11-10-16-31(30)32)45(61)54-21-13-19-37(54)42(58)49-34(23-29-14-8-7-9-15-29)40(56)48-26-38(55)53-20-12-18-36(53)43(59)52-39(44(60)50-33)28(3)62-46(4,5)6/h7-11,14-17,25,27-28,33-37,39,47H,12-13,18-24,26H2,1-6H3,(H,48,56)(H,49,58)(H,50,60)(H,51,57)(H,52,59)/t28-,33+,34+,35+,36+,37+,39+/m1/s1. The molecule has 1 aromatic heterocycles. The van der Waals surface area contributed by atoms with Gasteiger partial charge in [-0.2, -0.15) is 0 Å². The smallest absolute Gasteiger partial charge is 0.246 e. The van der Waals surface area contributed by atoms with Gasteiger partial charge in [-0.3, -0.25) is 33.6 Å². The molecule has 6 N–H and O–H groups in total. The molecular formula is C46H62N8O8. The van der Waals surface area contributed by atoms with Crippen molar-refractivity contribution in [3.8, 4) is 0 Å². The third-order valence-electron chi connectivity index (χ3n) is 11.7. The molecule has 6 rings (SSSR count). The lowest BCUT2D eigenvalue weighted by atomic mass is 9.99. The summed E-state index contributed by atoms with van der Waals surface area (Å²) in [5.74, 6) is -4.10. The van der Waals surface area contributed by atoms with E-state index in [1.54, 1.807) is 13.1 Å². The Morgan fingerprint density at radius 3 is 1.98 bits per heavy atom. The molecule has 16 nitrogen and oxygen atoms in total. The maximum Gasteiger partial charge on any atom is 0.246 e. The summed E-state index contributed by atoms with van der Waals surface area (Å²) in [6.45, 7) is 11.0. The van der Waals surface area contributed by atoms with E-state index in [4.69, 9.17) is 4.74 Å². The van der Waals surface area contributed by atoms with Crippen molar-refractivity contribution >= 4 is 52.3 Å². The lowest BCUT2D eigenvalue weighted by Crippen LogP contribution is -2.62. The van der Waals surface area contributed by atoms with Crippen molar-refractivity contribution in [2.24, 2.45) is 5.92 Å². The molecule has 0 aliphatic carbocycles. The number of benzene rings is 2. The summed E-state index contributed by atoms with van der Waals surface area (Å²) in [6, 6.07) is 10.2. The molecule has 3 aliphatic heterocycles. The molecule has 7 amide bonds. The number of hydrogen-bond acceptors (Lipinski definition) is 8. The number of aromatic amines is 1. The number of nitrogens with zero attached hydrogens (tertiary/aromatic N) is 2. The van der Waals surface area contributed by atoms with E-state index in [9.17, 15) is 33.6 Å². The third-order valence-corrected chi connectivity index (χ3v) is 11.7. The summed E-state index contributed by atoms with van der Waals surface area (Å²) in [6.07, 6.45) is 2.96. The van der Waals surface area contributed by atoms with Crippen LogP contribution in [0.25, 0.3) is 10.9 Å². The van der Waals surface area contributed by atoms with E-state index in [1.807, 2.05) is 89.2 Å². The number of hydrogen-bond donors (Lipinski definition) is 6. The molecular weight excluding hydrogens is 793 g/mol. The number of para-hydroxylation sites is 1. The maximum absolute atomic E-state index is 14.8. The first-order valence-electron chi connectivity index (χ1n) is 21.8. The van der Waals surface area contributed by atoms with Crippen LogP contribution in [0.3, 0.4) is 0 Å². The van der Waals surface area contributed by atoms with Gasteiger partial charge in [0.15, 0.2) is 0 Å². The molecule has 3 aliphatic rings. The number of ether oxygens (including phenoxy) is 1. The molecule has 7 atom stereocenters. The Kier molecular flexibility index (Phi) is 14.7. The van der Waals surface area contributed by atoms with Crippen molar-refractivity contribution in [1.82, 2.24) is 41.4 Å². The minimum Gasteiger partial charge on any atom is -0.370 e. The zero-order chi connectivity index (χ0) is 44.7. The minimum atomic E-state index is -1.28. The largest absolute Gasteiger partial charge is 0.370 e. The first kappa shape index (κ1) is 45.7. The van der Waals surface area contributed by atoms with Crippen LogP contribution in [-0.4, -0.2) is 124 Å². The second kappa shape index (κ2) is 20.0. The van der Waals surface area contributed by atoms with E-state index in [0.29, 0.717) is 25.7 Å². The Morgan fingerprint density at radius 1 is 0.677 bits per heavy atom. The van der Waals surface area contributed by atoms with Crippen LogP contribution < -0.4 is 26.6 Å². The molecule has 0 radical (unpaired) electrons. The Balaban J connectivity index is 1.39. The number of carbonyl (C=O) groups excluding carboxylic acids is 7. The molecule has 0 bridgehead atoms. The summed E-state index contributed by atoms with van der Waals surface area (Å²) in [4.78, 5) is 106. The number of H-pyrrole nitrogens is 1.